The molecule has 0 saturated heterocycles. The molecule has 0 amide bonds. The Morgan fingerprint density at radius 2 is 2.18 bits per heavy atom. The number of sulfonamides is 1. The molecule has 1 aromatic heterocycles. The van der Waals surface area contributed by atoms with Crippen molar-refractivity contribution in [3.05, 3.63) is 22.9 Å². The smallest absolute Gasteiger partial charge is 0.242 e. The monoisotopic (exact) mass is 322 g/mol. The van der Waals surface area contributed by atoms with Crippen LogP contribution in [0.4, 0.5) is 0 Å². The van der Waals surface area contributed by atoms with E-state index in [1.54, 1.807) is 0 Å². The maximum atomic E-state index is 11.8. The summed E-state index contributed by atoms with van der Waals surface area (Å²) >= 11 is 3.18. The standard InChI is InChI=1S/C10H15BrN2O3S/c1-8(2)16-4-3-13-17(14,15)10-5-9(11)6-12-7-10/h5-8,13H,3-4H2,1-2H3. The van der Waals surface area contributed by atoms with E-state index in [4.69, 9.17) is 4.74 Å². The molecule has 17 heavy (non-hydrogen) atoms. The van der Waals surface area contributed by atoms with Crippen molar-refractivity contribution in [2.75, 3.05) is 13.2 Å². The Kier molecular flexibility index (Phi) is 5.51. The van der Waals surface area contributed by atoms with Gasteiger partial charge in [-0.2, -0.15) is 0 Å². The van der Waals surface area contributed by atoms with Crippen LogP contribution in [0.1, 0.15) is 13.8 Å². The zero-order valence-electron chi connectivity index (χ0n) is 9.68. The predicted molar refractivity (Wildman–Crippen MR) is 68.2 cm³/mol. The average Bonchev–Trinajstić information content (AvgIpc) is 2.24. The SMILES string of the molecule is CC(C)OCCNS(=O)(=O)c1cncc(Br)c1. The first-order chi connectivity index (χ1) is 7.92. The predicted octanol–water partition coefficient (Wildman–Crippen LogP) is 1.55. The molecule has 0 atom stereocenters. The van der Waals surface area contributed by atoms with Crippen LogP contribution in [-0.4, -0.2) is 32.7 Å². The summed E-state index contributed by atoms with van der Waals surface area (Å²) in [7, 11) is -3.50. The van der Waals surface area contributed by atoms with Crippen LogP contribution < -0.4 is 4.72 Å². The van der Waals surface area contributed by atoms with E-state index in [9.17, 15) is 8.42 Å². The highest BCUT2D eigenvalue weighted by Crippen LogP contribution is 2.13. The Labute approximate surface area is 110 Å². The van der Waals surface area contributed by atoms with Crippen molar-refractivity contribution in [1.29, 1.82) is 0 Å². The van der Waals surface area contributed by atoms with Crippen molar-refractivity contribution in [3.63, 3.8) is 0 Å². The first-order valence-corrected chi connectivity index (χ1v) is 7.41. The van der Waals surface area contributed by atoms with Crippen LogP contribution in [-0.2, 0) is 14.8 Å². The van der Waals surface area contributed by atoms with Gasteiger partial charge in [0.2, 0.25) is 10.0 Å². The lowest BCUT2D eigenvalue weighted by molar-refractivity contribution is 0.0834. The third-order valence-corrected chi connectivity index (χ3v) is 3.70. The molecule has 0 aliphatic heterocycles. The van der Waals surface area contributed by atoms with Crippen molar-refractivity contribution in [2.45, 2.75) is 24.8 Å². The largest absolute Gasteiger partial charge is 0.377 e. The molecular formula is C10H15BrN2O3S. The fourth-order valence-electron chi connectivity index (χ4n) is 1.09. The second-order valence-electron chi connectivity index (χ2n) is 3.66. The minimum atomic E-state index is -3.50. The molecule has 0 saturated carbocycles. The second kappa shape index (κ2) is 6.44. The summed E-state index contributed by atoms with van der Waals surface area (Å²) in [4.78, 5) is 3.95. The molecule has 1 heterocycles. The molecule has 7 heteroatoms. The van der Waals surface area contributed by atoms with Gasteiger partial charge in [0.15, 0.2) is 0 Å². The summed E-state index contributed by atoms with van der Waals surface area (Å²) in [5.41, 5.74) is 0. The number of hydrogen-bond acceptors (Lipinski definition) is 4. The van der Waals surface area contributed by atoms with Gasteiger partial charge in [0.05, 0.1) is 12.7 Å². The quantitative estimate of drug-likeness (QED) is 0.807. The molecular weight excluding hydrogens is 308 g/mol. The minimum Gasteiger partial charge on any atom is -0.377 e. The van der Waals surface area contributed by atoms with E-state index in [0.717, 1.165) is 0 Å². The molecule has 0 aliphatic carbocycles. The average molecular weight is 323 g/mol. The highest BCUT2D eigenvalue weighted by molar-refractivity contribution is 9.10. The summed E-state index contributed by atoms with van der Waals surface area (Å²) < 4.78 is 31.9. The molecule has 1 N–H and O–H groups in total. The van der Waals surface area contributed by atoms with Crippen molar-refractivity contribution in [2.24, 2.45) is 0 Å². The number of aromatic nitrogens is 1. The summed E-state index contributed by atoms with van der Waals surface area (Å²) in [5.74, 6) is 0. The molecule has 1 rings (SSSR count). The third-order valence-electron chi connectivity index (χ3n) is 1.84. The van der Waals surface area contributed by atoms with Crippen molar-refractivity contribution >= 4 is 26.0 Å². The van der Waals surface area contributed by atoms with Crippen LogP contribution in [0.3, 0.4) is 0 Å². The van der Waals surface area contributed by atoms with Crippen LogP contribution in [0.25, 0.3) is 0 Å². The molecule has 0 aliphatic rings. The number of pyridine rings is 1. The minimum absolute atomic E-state index is 0.0899. The van der Waals surface area contributed by atoms with Crippen LogP contribution in [0.5, 0.6) is 0 Å². The normalized spacial score (nSPS) is 12.0. The van der Waals surface area contributed by atoms with Gasteiger partial charge in [-0.1, -0.05) is 0 Å². The third kappa shape index (κ3) is 5.12. The topological polar surface area (TPSA) is 68.3 Å². The van der Waals surface area contributed by atoms with E-state index >= 15 is 0 Å². The van der Waals surface area contributed by atoms with E-state index in [1.165, 1.54) is 18.5 Å². The zero-order valence-corrected chi connectivity index (χ0v) is 12.1. The Hall–Kier alpha value is -0.500. The van der Waals surface area contributed by atoms with Gasteiger partial charge >= 0.3 is 0 Å². The van der Waals surface area contributed by atoms with Crippen molar-refractivity contribution in [1.82, 2.24) is 9.71 Å². The highest BCUT2D eigenvalue weighted by atomic mass is 79.9. The van der Waals surface area contributed by atoms with Gasteiger partial charge in [-0.05, 0) is 35.8 Å². The molecule has 96 valence electrons. The molecule has 0 aromatic carbocycles. The Balaban J connectivity index is 2.57. The maximum absolute atomic E-state index is 11.8. The molecule has 5 nitrogen and oxygen atoms in total. The number of halogens is 1. The second-order valence-corrected chi connectivity index (χ2v) is 6.34. The van der Waals surface area contributed by atoms with Gasteiger partial charge < -0.3 is 4.74 Å². The molecule has 1 aromatic rings. The van der Waals surface area contributed by atoms with Gasteiger partial charge in [-0.15, -0.1) is 0 Å². The molecule has 0 spiro atoms. The van der Waals surface area contributed by atoms with Gasteiger partial charge in [0.1, 0.15) is 4.90 Å². The van der Waals surface area contributed by atoms with Gasteiger partial charge in [-0.3, -0.25) is 4.98 Å². The fourth-order valence-corrected chi connectivity index (χ4v) is 2.61. The van der Waals surface area contributed by atoms with Gasteiger partial charge in [0.25, 0.3) is 0 Å². The van der Waals surface area contributed by atoms with Gasteiger partial charge in [0, 0.05) is 23.4 Å². The number of nitrogens with one attached hydrogen (secondary N) is 1. The van der Waals surface area contributed by atoms with Crippen LogP contribution in [0, 0.1) is 0 Å². The van der Waals surface area contributed by atoms with E-state index < -0.39 is 10.0 Å². The van der Waals surface area contributed by atoms with E-state index in [1.807, 2.05) is 13.8 Å². The maximum Gasteiger partial charge on any atom is 0.242 e. The Morgan fingerprint density at radius 1 is 1.47 bits per heavy atom. The zero-order chi connectivity index (χ0) is 12.9. The Bertz CT molecular complexity index is 462. The van der Waals surface area contributed by atoms with Gasteiger partial charge in [-0.25, -0.2) is 13.1 Å². The molecule has 0 bridgehead atoms. The molecule has 0 radical (unpaired) electrons. The molecule has 0 fully saturated rings. The van der Waals surface area contributed by atoms with Crippen LogP contribution in [0.2, 0.25) is 0 Å². The highest BCUT2D eigenvalue weighted by Gasteiger charge is 2.13. The summed E-state index contributed by atoms with van der Waals surface area (Å²) in [6.45, 7) is 4.38. The van der Waals surface area contributed by atoms with E-state index in [-0.39, 0.29) is 17.5 Å². The lowest BCUT2D eigenvalue weighted by Gasteiger charge is -2.09. The van der Waals surface area contributed by atoms with E-state index in [0.29, 0.717) is 11.1 Å². The first-order valence-electron chi connectivity index (χ1n) is 5.13. The fraction of sp³-hybridized carbons (Fsp3) is 0.500. The first kappa shape index (κ1) is 14.6. The lowest BCUT2D eigenvalue weighted by atomic mass is 10.5. The number of rotatable bonds is 6. The van der Waals surface area contributed by atoms with Crippen LogP contribution >= 0.6 is 15.9 Å². The van der Waals surface area contributed by atoms with Crippen molar-refractivity contribution < 1.29 is 13.2 Å². The van der Waals surface area contributed by atoms with E-state index in [2.05, 4.69) is 25.6 Å². The number of hydrogen-bond donors (Lipinski definition) is 1. The Morgan fingerprint density at radius 3 is 2.76 bits per heavy atom. The lowest BCUT2D eigenvalue weighted by Crippen LogP contribution is -2.28. The number of nitrogens with zero attached hydrogens (tertiary/aromatic N) is 1. The summed E-state index contributed by atoms with van der Waals surface area (Å²) in [5, 5.41) is 0. The summed E-state index contributed by atoms with van der Waals surface area (Å²) in [6.07, 6.45) is 2.92. The molecule has 0 unspecified atom stereocenters. The number of ether oxygens (including phenoxy) is 1. The van der Waals surface area contributed by atoms with Crippen LogP contribution in [0.15, 0.2) is 27.8 Å². The van der Waals surface area contributed by atoms with Crippen molar-refractivity contribution in [3.8, 4) is 0 Å². The summed E-state index contributed by atoms with van der Waals surface area (Å²) in [6, 6.07) is 1.50.